The van der Waals surface area contributed by atoms with Crippen molar-refractivity contribution in [2.24, 2.45) is 7.05 Å². The molecule has 132 valence electrons. The SMILES string of the molecule is Cn1c(=O)[nH]cc(C(=O)N[C@@H]2C[C@H]2c2cnn(-c3ccccc3)c2)c1=O. The number of nitrogens with zero attached hydrogens (tertiary/aromatic N) is 3. The summed E-state index contributed by atoms with van der Waals surface area (Å²) >= 11 is 0. The van der Waals surface area contributed by atoms with E-state index in [4.69, 9.17) is 0 Å². The summed E-state index contributed by atoms with van der Waals surface area (Å²) in [4.78, 5) is 38.1. The number of aromatic nitrogens is 4. The van der Waals surface area contributed by atoms with Crippen LogP contribution in [0.1, 0.15) is 28.3 Å². The zero-order chi connectivity index (χ0) is 18.3. The van der Waals surface area contributed by atoms with Crippen LogP contribution in [0.25, 0.3) is 5.69 Å². The quantitative estimate of drug-likeness (QED) is 0.716. The molecule has 1 saturated carbocycles. The normalized spacial score (nSPS) is 18.5. The summed E-state index contributed by atoms with van der Waals surface area (Å²) < 4.78 is 2.67. The Morgan fingerprint density at radius 3 is 2.81 bits per heavy atom. The predicted octanol–water partition coefficient (Wildman–Crippen LogP) is 0.545. The Labute approximate surface area is 148 Å². The molecular formula is C18H17N5O3. The molecule has 0 saturated heterocycles. The highest BCUT2D eigenvalue weighted by Crippen LogP contribution is 2.40. The van der Waals surface area contributed by atoms with Crippen molar-refractivity contribution in [2.75, 3.05) is 0 Å². The summed E-state index contributed by atoms with van der Waals surface area (Å²) in [6.07, 6.45) is 5.69. The Morgan fingerprint density at radius 2 is 2.04 bits per heavy atom. The van der Waals surface area contributed by atoms with E-state index in [0.29, 0.717) is 0 Å². The van der Waals surface area contributed by atoms with Gasteiger partial charge in [-0.1, -0.05) is 18.2 Å². The first-order chi connectivity index (χ1) is 12.5. The molecule has 4 rings (SSSR count). The third-order valence-corrected chi connectivity index (χ3v) is 4.58. The summed E-state index contributed by atoms with van der Waals surface area (Å²) in [5, 5.41) is 7.21. The molecular weight excluding hydrogens is 334 g/mol. The smallest absolute Gasteiger partial charge is 0.328 e. The van der Waals surface area contributed by atoms with Gasteiger partial charge in [0.25, 0.3) is 11.5 Å². The Hall–Kier alpha value is -3.42. The van der Waals surface area contributed by atoms with Crippen LogP contribution in [-0.4, -0.2) is 31.3 Å². The molecule has 2 aromatic heterocycles. The van der Waals surface area contributed by atoms with Crippen molar-refractivity contribution in [1.29, 1.82) is 0 Å². The Balaban J connectivity index is 1.46. The molecule has 0 radical (unpaired) electrons. The number of nitrogens with one attached hydrogen (secondary N) is 2. The molecule has 2 heterocycles. The second-order valence-electron chi connectivity index (χ2n) is 6.35. The van der Waals surface area contributed by atoms with Crippen molar-refractivity contribution in [3.05, 3.63) is 80.9 Å². The van der Waals surface area contributed by atoms with Crippen LogP contribution in [0.2, 0.25) is 0 Å². The minimum Gasteiger partial charge on any atom is -0.348 e. The third-order valence-electron chi connectivity index (χ3n) is 4.58. The van der Waals surface area contributed by atoms with E-state index in [1.54, 1.807) is 10.9 Å². The number of amides is 1. The average molecular weight is 351 g/mol. The Kier molecular flexibility index (Phi) is 3.80. The molecule has 0 bridgehead atoms. The van der Waals surface area contributed by atoms with Gasteiger partial charge < -0.3 is 10.3 Å². The minimum atomic E-state index is -0.611. The van der Waals surface area contributed by atoms with Crippen LogP contribution in [0.5, 0.6) is 0 Å². The van der Waals surface area contributed by atoms with Crippen LogP contribution in [-0.2, 0) is 7.05 Å². The van der Waals surface area contributed by atoms with E-state index in [2.05, 4.69) is 15.4 Å². The number of H-pyrrole nitrogens is 1. The third kappa shape index (κ3) is 2.85. The van der Waals surface area contributed by atoms with Crippen molar-refractivity contribution >= 4 is 5.91 Å². The number of hydrogen-bond donors (Lipinski definition) is 2. The Bertz CT molecular complexity index is 1080. The van der Waals surface area contributed by atoms with E-state index in [0.717, 1.165) is 28.4 Å². The minimum absolute atomic E-state index is 0.0486. The maximum Gasteiger partial charge on any atom is 0.328 e. The molecule has 8 nitrogen and oxygen atoms in total. The highest BCUT2D eigenvalue weighted by Gasteiger charge is 2.40. The number of aromatic amines is 1. The highest BCUT2D eigenvalue weighted by atomic mass is 16.2. The molecule has 1 aromatic carbocycles. The lowest BCUT2D eigenvalue weighted by Gasteiger charge is -2.04. The largest absolute Gasteiger partial charge is 0.348 e. The summed E-state index contributed by atoms with van der Waals surface area (Å²) in [6.45, 7) is 0. The lowest BCUT2D eigenvalue weighted by atomic mass is 10.2. The fourth-order valence-electron chi connectivity index (χ4n) is 2.95. The van der Waals surface area contributed by atoms with Gasteiger partial charge in [-0.2, -0.15) is 5.10 Å². The fraction of sp³-hybridized carbons (Fsp3) is 0.222. The number of carbonyl (C=O) groups is 1. The van der Waals surface area contributed by atoms with E-state index in [9.17, 15) is 14.4 Å². The topological polar surface area (TPSA) is 102 Å². The average Bonchev–Trinajstić information content (AvgIpc) is 3.23. The van der Waals surface area contributed by atoms with Gasteiger partial charge in [0.15, 0.2) is 0 Å². The molecule has 0 unspecified atom stereocenters. The summed E-state index contributed by atoms with van der Waals surface area (Å²) in [7, 11) is 1.33. The van der Waals surface area contributed by atoms with Crippen LogP contribution in [0.4, 0.5) is 0 Å². The van der Waals surface area contributed by atoms with Crippen LogP contribution in [0.15, 0.2) is 58.5 Å². The van der Waals surface area contributed by atoms with E-state index in [1.165, 1.54) is 7.05 Å². The van der Waals surface area contributed by atoms with Crippen molar-refractivity contribution < 1.29 is 4.79 Å². The first-order valence-electron chi connectivity index (χ1n) is 8.24. The molecule has 8 heteroatoms. The maximum absolute atomic E-state index is 12.3. The van der Waals surface area contributed by atoms with Gasteiger partial charge in [-0.05, 0) is 24.1 Å². The van der Waals surface area contributed by atoms with Gasteiger partial charge >= 0.3 is 5.69 Å². The lowest BCUT2D eigenvalue weighted by molar-refractivity contribution is 0.0947. The van der Waals surface area contributed by atoms with Crippen LogP contribution >= 0.6 is 0 Å². The molecule has 3 aromatic rings. The molecule has 0 aliphatic heterocycles. The first kappa shape index (κ1) is 16.1. The molecule has 1 aliphatic rings. The van der Waals surface area contributed by atoms with Crippen LogP contribution < -0.4 is 16.6 Å². The van der Waals surface area contributed by atoms with Gasteiger partial charge in [-0.15, -0.1) is 0 Å². The standard InChI is InChI=1S/C18H17N5O3/c1-22-17(25)14(9-19-18(22)26)16(24)21-15-7-13(15)11-8-20-23(10-11)12-5-3-2-4-6-12/h2-6,8-10,13,15H,7H2,1H3,(H,19,26)(H,21,24)/t13-,15+/m0/s1. The molecule has 0 spiro atoms. The van der Waals surface area contributed by atoms with E-state index < -0.39 is 17.2 Å². The number of para-hydroxylation sites is 1. The second-order valence-corrected chi connectivity index (χ2v) is 6.35. The fourth-order valence-corrected chi connectivity index (χ4v) is 2.95. The number of benzene rings is 1. The summed E-state index contributed by atoms with van der Waals surface area (Å²) in [5.41, 5.74) is 0.771. The Morgan fingerprint density at radius 1 is 1.27 bits per heavy atom. The van der Waals surface area contributed by atoms with Crippen LogP contribution in [0, 0.1) is 0 Å². The number of rotatable bonds is 4. The van der Waals surface area contributed by atoms with Crippen molar-refractivity contribution in [3.8, 4) is 5.69 Å². The molecule has 2 atom stereocenters. The monoisotopic (exact) mass is 351 g/mol. The van der Waals surface area contributed by atoms with E-state index in [-0.39, 0.29) is 17.5 Å². The number of hydrogen-bond acceptors (Lipinski definition) is 4. The summed E-state index contributed by atoms with van der Waals surface area (Å²) in [6, 6.07) is 9.72. The zero-order valence-corrected chi connectivity index (χ0v) is 14.0. The lowest BCUT2D eigenvalue weighted by Crippen LogP contribution is -2.39. The number of carbonyl (C=O) groups excluding carboxylic acids is 1. The molecule has 2 N–H and O–H groups in total. The molecule has 1 fully saturated rings. The molecule has 1 amide bonds. The molecule has 1 aliphatic carbocycles. The van der Waals surface area contributed by atoms with Gasteiger partial charge in [-0.3, -0.25) is 14.2 Å². The van der Waals surface area contributed by atoms with E-state index >= 15 is 0 Å². The van der Waals surface area contributed by atoms with Crippen molar-refractivity contribution in [1.82, 2.24) is 24.6 Å². The van der Waals surface area contributed by atoms with Gasteiger partial charge in [-0.25, -0.2) is 9.48 Å². The predicted molar refractivity (Wildman–Crippen MR) is 94.5 cm³/mol. The van der Waals surface area contributed by atoms with Gasteiger partial charge in [0.2, 0.25) is 0 Å². The van der Waals surface area contributed by atoms with E-state index in [1.807, 2.05) is 36.5 Å². The van der Waals surface area contributed by atoms with Gasteiger partial charge in [0, 0.05) is 31.4 Å². The first-order valence-corrected chi connectivity index (χ1v) is 8.24. The summed E-state index contributed by atoms with van der Waals surface area (Å²) in [5.74, 6) is -0.312. The van der Waals surface area contributed by atoms with Gasteiger partial charge in [0.1, 0.15) is 5.56 Å². The van der Waals surface area contributed by atoms with Crippen LogP contribution in [0.3, 0.4) is 0 Å². The highest BCUT2D eigenvalue weighted by molar-refractivity contribution is 5.94. The maximum atomic E-state index is 12.3. The van der Waals surface area contributed by atoms with Crippen molar-refractivity contribution in [3.63, 3.8) is 0 Å². The van der Waals surface area contributed by atoms with Gasteiger partial charge in [0.05, 0.1) is 11.9 Å². The molecule has 26 heavy (non-hydrogen) atoms. The zero-order valence-electron chi connectivity index (χ0n) is 14.0. The second kappa shape index (κ2) is 6.14. The van der Waals surface area contributed by atoms with Crippen molar-refractivity contribution in [2.45, 2.75) is 18.4 Å².